The second-order valence-electron chi connectivity index (χ2n) is 3.19. The van der Waals surface area contributed by atoms with Crippen molar-refractivity contribution in [3.63, 3.8) is 0 Å². The number of hydrogen-bond acceptors (Lipinski definition) is 6. The Balaban J connectivity index is 3.21. The molecule has 0 fully saturated rings. The quantitative estimate of drug-likeness (QED) is 0.803. The Bertz CT molecular complexity index is 396. The van der Waals surface area contributed by atoms with E-state index in [9.17, 15) is 0 Å². The van der Waals surface area contributed by atoms with E-state index < -0.39 is 0 Å². The molecule has 0 saturated heterocycles. The van der Waals surface area contributed by atoms with E-state index in [-0.39, 0.29) is 0 Å². The van der Waals surface area contributed by atoms with Crippen LogP contribution in [0.5, 0.6) is 0 Å². The summed E-state index contributed by atoms with van der Waals surface area (Å²) in [4.78, 5) is 16.1. The molecule has 6 nitrogen and oxygen atoms in total. The van der Waals surface area contributed by atoms with Gasteiger partial charge < -0.3 is 15.1 Å². The summed E-state index contributed by atoms with van der Waals surface area (Å²) in [6.45, 7) is 10.9. The van der Waals surface area contributed by atoms with Crippen LogP contribution < -0.4 is 15.1 Å². The SMILES string of the molecule is C=CNc1nc(N(C)C=C)nc(N(C)C=C)n1. The van der Waals surface area contributed by atoms with E-state index >= 15 is 0 Å². The summed E-state index contributed by atoms with van der Waals surface area (Å²) >= 11 is 0. The topological polar surface area (TPSA) is 57.2 Å². The summed E-state index contributed by atoms with van der Waals surface area (Å²) in [6, 6.07) is 0. The minimum atomic E-state index is 0.419. The lowest BCUT2D eigenvalue weighted by molar-refractivity contribution is 0.952. The van der Waals surface area contributed by atoms with Crippen LogP contribution in [0.25, 0.3) is 0 Å². The first-order valence-electron chi connectivity index (χ1n) is 4.96. The van der Waals surface area contributed by atoms with Crippen LogP contribution in [0.4, 0.5) is 17.8 Å². The van der Waals surface area contributed by atoms with Gasteiger partial charge in [0.05, 0.1) is 0 Å². The second kappa shape index (κ2) is 5.64. The molecule has 0 spiro atoms. The van der Waals surface area contributed by atoms with Crippen LogP contribution in [0.2, 0.25) is 0 Å². The molecule has 1 N–H and O–H groups in total. The molecule has 0 amide bonds. The number of nitrogens with one attached hydrogen (secondary N) is 1. The lowest BCUT2D eigenvalue weighted by atomic mass is 10.7. The molecular weight excluding hydrogens is 216 g/mol. The van der Waals surface area contributed by atoms with E-state index in [1.807, 2.05) is 0 Å². The van der Waals surface area contributed by atoms with Crippen LogP contribution in [0.1, 0.15) is 0 Å². The van der Waals surface area contributed by atoms with Gasteiger partial charge in [-0.15, -0.1) is 0 Å². The first kappa shape index (κ1) is 12.7. The van der Waals surface area contributed by atoms with Crippen molar-refractivity contribution in [1.29, 1.82) is 0 Å². The van der Waals surface area contributed by atoms with E-state index in [1.54, 1.807) is 36.3 Å². The fraction of sp³-hybridized carbons (Fsp3) is 0.182. The normalized spacial score (nSPS) is 9.29. The maximum atomic E-state index is 4.27. The van der Waals surface area contributed by atoms with Gasteiger partial charge >= 0.3 is 0 Å². The molecule has 0 aliphatic carbocycles. The molecule has 0 atom stereocenters. The molecule has 1 rings (SSSR count). The van der Waals surface area contributed by atoms with Crippen molar-refractivity contribution in [3.8, 4) is 0 Å². The van der Waals surface area contributed by atoms with Gasteiger partial charge in [0, 0.05) is 14.1 Å². The Morgan fingerprint density at radius 2 is 1.41 bits per heavy atom. The van der Waals surface area contributed by atoms with Crippen molar-refractivity contribution in [2.75, 3.05) is 29.2 Å². The predicted octanol–water partition coefficient (Wildman–Crippen LogP) is 1.59. The smallest absolute Gasteiger partial charge is 0.235 e. The molecular formula is C11H16N6. The number of aromatic nitrogens is 3. The van der Waals surface area contributed by atoms with Crippen molar-refractivity contribution >= 4 is 17.8 Å². The zero-order valence-corrected chi connectivity index (χ0v) is 10.1. The van der Waals surface area contributed by atoms with Crippen LogP contribution in [0, 0.1) is 0 Å². The molecule has 1 heterocycles. The van der Waals surface area contributed by atoms with Crippen molar-refractivity contribution in [2.45, 2.75) is 0 Å². The highest BCUT2D eigenvalue weighted by Gasteiger charge is 2.09. The van der Waals surface area contributed by atoms with E-state index in [4.69, 9.17) is 0 Å². The van der Waals surface area contributed by atoms with Crippen molar-refractivity contribution in [1.82, 2.24) is 15.0 Å². The summed E-state index contributed by atoms with van der Waals surface area (Å²) < 4.78 is 0. The van der Waals surface area contributed by atoms with Crippen LogP contribution in [-0.4, -0.2) is 29.0 Å². The average molecular weight is 232 g/mol. The van der Waals surface area contributed by atoms with Gasteiger partial charge in [-0.25, -0.2) is 0 Å². The van der Waals surface area contributed by atoms with Crippen molar-refractivity contribution < 1.29 is 0 Å². The third kappa shape index (κ3) is 3.04. The molecule has 6 heteroatoms. The van der Waals surface area contributed by atoms with Gasteiger partial charge in [-0.2, -0.15) is 15.0 Å². The third-order valence-electron chi connectivity index (χ3n) is 2.02. The Hall–Kier alpha value is -2.37. The van der Waals surface area contributed by atoms with Crippen LogP contribution in [0.3, 0.4) is 0 Å². The molecule has 90 valence electrons. The summed E-state index contributed by atoms with van der Waals surface area (Å²) in [5.41, 5.74) is 0. The number of rotatable bonds is 6. The number of nitrogens with zero attached hydrogens (tertiary/aromatic N) is 5. The lowest BCUT2D eigenvalue weighted by Crippen LogP contribution is -2.18. The Morgan fingerprint density at radius 3 is 1.76 bits per heavy atom. The van der Waals surface area contributed by atoms with Crippen LogP contribution in [0.15, 0.2) is 38.3 Å². The highest BCUT2D eigenvalue weighted by Crippen LogP contribution is 2.15. The van der Waals surface area contributed by atoms with Gasteiger partial charge in [-0.3, -0.25) is 0 Å². The van der Waals surface area contributed by atoms with E-state index in [2.05, 4.69) is 40.0 Å². The standard InChI is InChI=1S/C11H16N6/c1-6-12-9-13-10(16(4)7-2)15-11(14-9)17(5)8-3/h6-8H,1-3H2,4-5H3,(H,12,13,14,15). The van der Waals surface area contributed by atoms with Gasteiger partial charge in [-0.1, -0.05) is 19.7 Å². The molecule has 0 unspecified atom stereocenters. The van der Waals surface area contributed by atoms with E-state index in [0.717, 1.165) is 0 Å². The molecule has 0 aromatic carbocycles. The Morgan fingerprint density at radius 1 is 0.941 bits per heavy atom. The third-order valence-corrected chi connectivity index (χ3v) is 2.02. The Labute approximate surface area is 101 Å². The maximum absolute atomic E-state index is 4.27. The summed E-state index contributed by atoms with van der Waals surface area (Å²) in [6.07, 6.45) is 4.74. The summed E-state index contributed by atoms with van der Waals surface area (Å²) in [5, 5.41) is 2.83. The maximum Gasteiger partial charge on any atom is 0.235 e. The van der Waals surface area contributed by atoms with Crippen LogP contribution >= 0.6 is 0 Å². The molecule has 0 bridgehead atoms. The number of hydrogen-bond donors (Lipinski definition) is 1. The molecule has 0 aliphatic heterocycles. The molecule has 1 aromatic heterocycles. The zero-order chi connectivity index (χ0) is 12.8. The summed E-state index contributed by atoms with van der Waals surface area (Å²) in [5.74, 6) is 1.40. The molecule has 0 aliphatic rings. The molecule has 0 saturated carbocycles. The minimum absolute atomic E-state index is 0.419. The Kier molecular flexibility index (Phi) is 4.21. The van der Waals surface area contributed by atoms with Crippen molar-refractivity contribution in [3.05, 3.63) is 38.3 Å². The zero-order valence-electron chi connectivity index (χ0n) is 10.1. The molecule has 0 radical (unpaired) electrons. The van der Waals surface area contributed by atoms with Crippen LogP contribution in [-0.2, 0) is 0 Å². The van der Waals surface area contributed by atoms with Gasteiger partial charge in [0.25, 0.3) is 0 Å². The van der Waals surface area contributed by atoms with Gasteiger partial charge in [0.2, 0.25) is 17.8 Å². The number of anilines is 3. The summed E-state index contributed by atoms with van der Waals surface area (Å²) in [7, 11) is 3.61. The second-order valence-corrected chi connectivity index (χ2v) is 3.19. The molecule has 17 heavy (non-hydrogen) atoms. The fourth-order valence-electron chi connectivity index (χ4n) is 0.988. The van der Waals surface area contributed by atoms with Gasteiger partial charge in [-0.05, 0) is 18.6 Å². The average Bonchev–Trinajstić information content (AvgIpc) is 2.36. The first-order valence-corrected chi connectivity index (χ1v) is 4.96. The highest BCUT2D eigenvalue weighted by molar-refractivity contribution is 5.47. The minimum Gasteiger partial charge on any atom is -0.331 e. The van der Waals surface area contributed by atoms with Gasteiger partial charge in [0.15, 0.2) is 0 Å². The monoisotopic (exact) mass is 232 g/mol. The highest BCUT2D eigenvalue weighted by atomic mass is 15.3. The lowest BCUT2D eigenvalue weighted by Gasteiger charge is -2.16. The van der Waals surface area contributed by atoms with Crippen molar-refractivity contribution in [2.24, 2.45) is 0 Å². The fourth-order valence-corrected chi connectivity index (χ4v) is 0.988. The predicted molar refractivity (Wildman–Crippen MR) is 70.8 cm³/mol. The largest absolute Gasteiger partial charge is 0.331 e. The van der Waals surface area contributed by atoms with E-state index in [0.29, 0.717) is 17.8 Å². The van der Waals surface area contributed by atoms with Gasteiger partial charge in [0.1, 0.15) is 0 Å². The molecule has 1 aromatic rings. The van der Waals surface area contributed by atoms with E-state index in [1.165, 1.54) is 6.20 Å². The first-order chi connectivity index (χ1) is 8.12.